The molecule has 1 aromatic carbocycles. The van der Waals surface area contributed by atoms with Gasteiger partial charge in [-0.2, -0.15) is 5.10 Å². The summed E-state index contributed by atoms with van der Waals surface area (Å²) in [4.78, 5) is 16.7. The van der Waals surface area contributed by atoms with Gasteiger partial charge in [-0.1, -0.05) is 13.0 Å². The molecule has 1 unspecified atom stereocenters. The number of hydrogen-bond acceptors (Lipinski definition) is 6. The van der Waals surface area contributed by atoms with Gasteiger partial charge in [0, 0.05) is 52.2 Å². The minimum atomic E-state index is -0.608. The summed E-state index contributed by atoms with van der Waals surface area (Å²) >= 11 is 0. The molecule has 6 rings (SSSR count). The zero-order valence-corrected chi connectivity index (χ0v) is 19.0. The fraction of sp³-hybridized carbons (Fsp3) is 0.111. The summed E-state index contributed by atoms with van der Waals surface area (Å²) in [6.07, 6.45) is 8.91. The lowest BCUT2D eigenvalue weighted by Gasteiger charge is -2.12. The Hall–Kier alpha value is -4.56. The van der Waals surface area contributed by atoms with Crippen LogP contribution < -0.4 is 5.32 Å². The van der Waals surface area contributed by atoms with Crippen molar-refractivity contribution in [2.75, 3.05) is 5.32 Å². The van der Waals surface area contributed by atoms with Crippen LogP contribution in [0.15, 0.2) is 79.5 Å². The molecule has 4 N–H and O–H groups in total. The van der Waals surface area contributed by atoms with Gasteiger partial charge in [0.05, 0.1) is 28.8 Å². The second kappa shape index (κ2) is 8.66. The number of anilines is 1. The largest absolute Gasteiger partial charge is 0.374 e. The molecule has 0 radical (unpaired) electrons. The van der Waals surface area contributed by atoms with Gasteiger partial charge in [0.2, 0.25) is 0 Å². The van der Waals surface area contributed by atoms with Crippen molar-refractivity contribution in [1.29, 1.82) is 0 Å². The SMILES string of the molecule is CCC(O)Nc1cncc(-c2ccc3[nH]nc(-c4cc5c(-c6cccnc6)nccc5[nH]4)c3c2)c1. The normalized spacial score (nSPS) is 12.3. The van der Waals surface area contributed by atoms with Crippen molar-refractivity contribution in [1.82, 2.24) is 30.1 Å². The van der Waals surface area contributed by atoms with Gasteiger partial charge in [0.1, 0.15) is 11.9 Å². The maximum Gasteiger partial charge on any atom is 0.124 e. The zero-order chi connectivity index (χ0) is 23.8. The lowest BCUT2D eigenvalue weighted by Crippen LogP contribution is -2.16. The van der Waals surface area contributed by atoms with Gasteiger partial charge in [-0.15, -0.1) is 0 Å². The van der Waals surface area contributed by atoms with Crippen LogP contribution in [-0.2, 0) is 0 Å². The first-order valence-corrected chi connectivity index (χ1v) is 11.5. The van der Waals surface area contributed by atoms with E-state index in [-0.39, 0.29) is 0 Å². The molecule has 6 aromatic rings. The van der Waals surface area contributed by atoms with Crippen LogP contribution >= 0.6 is 0 Å². The minimum Gasteiger partial charge on any atom is -0.374 e. The molecule has 0 saturated carbocycles. The topological polar surface area (TPSA) is 115 Å². The summed E-state index contributed by atoms with van der Waals surface area (Å²) in [5.41, 5.74) is 8.24. The van der Waals surface area contributed by atoms with E-state index in [0.29, 0.717) is 6.42 Å². The number of pyridine rings is 3. The van der Waals surface area contributed by atoms with Crippen molar-refractivity contribution in [2.24, 2.45) is 0 Å². The number of rotatable bonds is 6. The van der Waals surface area contributed by atoms with E-state index in [2.05, 4.69) is 47.6 Å². The van der Waals surface area contributed by atoms with Crippen LogP contribution in [0.5, 0.6) is 0 Å². The number of aromatic amines is 2. The van der Waals surface area contributed by atoms with E-state index in [1.807, 2.05) is 55.7 Å². The average Bonchev–Trinajstić information content (AvgIpc) is 3.53. The predicted molar refractivity (Wildman–Crippen MR) is 138 cm³/mol. The molecule has 8 nitrogen and oxygen atoms in total. The molecular formula is C27H23N7O. The first-order chi connectivity index (χ1) is 17.2. The van der Waals surface area contributed by atoms with Crippen molar-refractivity contribution < 1.29 is 5.11 Å². The number of hydrogen-bond donors (Lipinski definition) is 4. The van der Waals surface area contributed by atoms with Crippen LogP contribution in [-0.4, -0.2) is 41.5 Å². The Morgan fingerprint density at radius 1 is 0.857 bits per heavy atom. The molecular weight excluding hydrogens is 438 g/mol. The lowest BCUT2D eigenvalue weighted by molar-refractivity contribution is 0.199. The third-order valence-electron chi connectivity index (χ3n) is 6.09. The van der Waals surface area contributed by atoms with E-state index in [9.17, 15) is 5.11 Å². The van der Waals surface area contributed by atoms with E-state index >= 15 is 0 Å². The molecule has 0 amide bonds. The van der Waals surface area contributed by atoms with Crippen molar-refractivity contribution in [3.8, 4) is 33.8 Å². The van der Waals surface area contributed by atoms with Crippen molar-refractivity contribution in [3.63, 3.8) is 0 Å². The molecule has 8 heteroatoms. The quantitative estimate of drug-likeness (QED) is 0.248. The molecule has 0 bridgehead atoms. The van der Waals surface area contributed by atoms with Crippen molar-refractivity contribution >= 4 is 27.5 Å². The highest BCUT2D eigenvalue weighted by Gasteiger charge is 2.15. The number of aliphatic hydroxyl groups excluding tert-OH is 1. The number of benzene rings is 1. The number of nitrogens with zero attached hydrogens (tertiary/aromatic N) is 4. The van der Waals surface area contributed by atoms with Gasteiger partial charge in [0.25, 0.3) is 0 Å². The Kier molecular flexibility index (Phi) is 5.20. The third kappa shape index (κ3) is 3.89. The Bertz CT molecular complexity index is 1640. The lowest BCUT2D eigenvalue weighted by atomic mass is 10.0. The minimum absolute atomic E-state index is 0.608. The highest BCUT2D eigenvalue weighted by molar-refractivity contribution is 6.00. The van der Waals surface area contributed by atoms with Crippen LogP contribution in [0.4, 0.5) is 5.69 Å². The second-order valence-electron chi connectivity index (χ2n) is 8.41. The molecule has 5 heterocycles. The summed E-state index contributed by atoms with van der Waals surface area (Å²) in [6.45, 7) is 1.92. The van der Waals surface area contributed by atoms with Crippen LogP contribution in [0.25, 0.3) is 55.6 Å². The molecule has 0 saturated heterocycles. The molecule has 1 atom stereocenters. The summed E-state index contributed by atoms with van der Waals surface area (Å²) in [5.74, 6) is 0. The van der Waals surface area contributed by atoms with Gasteiger partial charge in [-0.05, 0) is 54.4 Å². The summed E-state index contributed by atoms with van der Waals surface area (Å²) in [7, 11) is 0. The Balaban J connectivity index is 1.43. The van der Waals surface area contributed by atoms with Crippen LogP contribution in [0.1, 0.15) is 13.3 Å². The average molecular weight is 462 g/mol. The number of nitrogens with one attached hydrogen (secondary N) is 3. The van der Waals surface area contributed by atoms with Crippen molar-refractivity contribution in [2.45, 2.75) is 19.6 Å². The Morgan fingerprint density at radius 2 is 1.74 bits per heavy atom. The van der Waals surface area contributed by atoms with E-state index in [0.717, 1.165) is 61.3 Å². The standard InChI is InChI=1S/C27H23N7O/c1-2-25(35)31-19-10-18(14-29-15-19)16-5-6-23-20(11-16)27(34-33-23)24-12-21-22(32-24)7-9-30-26(21)17-4-3-8-28-13-17/h3-15,25,31-32,35H,2H2,1H3,(H,33,34). The molecule has 0 aliphatic carbocycles. The van der Waals surface area contributed by atoms with Gasteiger partial charge >= 0.3 is 0 Å². The number of fused-ring (bicyclic) bond motifs is 2. The first-order valence-electron chi connectivity index (χ1n) is 11.5. The van der Waals surface area contributed by atoms with Crippen molar-refractivity contribution in [3.05, 3.63) is 79.5 Å². The van der Waals surface area contributed by atoms with E-state index < -0.39 is 6.23 Å². The fourth-order valence-corrected chi connectivity index (χ4v) is 4.28. The van der Waals surface area contributed by atoms with Gasteiger partial charge in [0.15, 0.2) is 0 Å². The van der Waals surface area contributed by atoms with Gasteiger partial charge < -0.3 is 15.4 Å². The van der Waals surface area contributed by atoms with Gasteiger partial charge in [-0.3, -0.25) is 20.1 Å². The third-order valence-corrected chi connectivity index (χ3v) is 6.09. The van der Waals surface area contributed by atoms with E-state index in [1.165, 1.54) is 0 Å². The smallest absolute Gasteiger partial charge is 0.124 e. The van der Waals surface area contributed by atoms with Crippen LogP contribution in [0, 0.1) is 0 Å². The number of aliphatic hydroxyl groups is 1. The highest BCUT2D eigenvalue weighted by atomic mass is 16.3. The highest BCUT2D eigenvalue weighted by Crippen LogP contribution is 2.34. The monoisotopic (exact) mass is 461 g/mol. The molecule has 5 aromatic heterocycles. The van der Waals surface area contributed by atoms with Gasteiger partial charge in [-0.25, -0.2) is 0 Å². The summed E-state index contributed by atoms with van der Waals surface area (Å²) in [6, 6.07) is 16.1. The van der Waals surface area contributed by atoms with Crippen LogP contribution in [0.2, 0.25) is 0 Å². The molecule has 35 heavy (non-hydrogen) atoms. The molecule has 0 fully saturated rings. The van der Waals surface area contributed by atoms with E-state index in [1.54, 1.807) is 18.6 Å². The number of H-pyrrole nitrogens is 2. The molecule has 0 aliphatic rings. The maximum atomic E-state index is 9.94. The van der Waals surface area contributed by atoms with E-state index in [4.69, 9.17) is 0 Å². The maximum absolute atomic E-state index is 9.94. The molecule has 0 spiro atoms. The molecule has 172 valence electrons. The summed E-state index contributed by atoms with van der Waals surface area (Å²) in [5, 5.41) is 22.8. The molecule has 0 aliphatic heterocycles. The second-order valence-corrected chi connectivity index (χ2v) is 8.41. The fourth-order valence-electron chi connectivity index (χ4n) is 4.28. The Labute approximate surface area is 201 Å². The summed E-state index contributed by atoms with van der Waals surface area (Å²) < 4.78 is 0. The first kappa shape index (κ1) is 21.0. The Morgan fingerprint density at radius 3 is 2.60 bits per heavy atom. The number of aromatic nitrogens is 6. The predicted octanol–water partition coefficient (Wildman–Crippen LogP) is 5.37. The zero-order valence-electron chi connectivity index (χ0n) is 19.0. The van der Waals surface area contributed by atoms with Crippen LogP contribution in [0.3, 0.4) is 0 Å².